The highest BCUT2D eigenvalue weighted by Gasteiger charge is 2.19. The van der Waals surface area contributed by atoms with Gasteiger partial charge in [-0.15, -0.1) is 11.3 Å². The zero-order chi connectivity index (χ0) is 15.0. The highest BCUT2D eigenvalue weighted by molar-refractivity contribution is 9.10. The summed E-state index contributed by atoms with van der Waals surface area (Å²) in [6, 6.07) is 11.2. The van der Waals surface area contributed by atoms with Crippen molar-refractivity contribution in [1.82, 2.24) is 5.32 Å². The lowest BCUT2D eigenvalue weighted by Gasteiger charge is -2.19. The fraction of sp³-hybridized carbons (Fsp3) is 0.176. The minimum absolute atomic E-state index is 0.0104. The molecule has 0 bridgehead atoms. The van der Waals surface area contributed by atoms with Crippen molar-refractivity contribution in [3.63, 3.8) is 0 Å². The van der Waals surface area contributed by atoms with E-state index in [4.69, 9.17) is 0 Å². The van der Waals surface area contributed by atoms with Gasteiger partial charge in [-0.2, -0.15) is 0 Å². The van der Waals surface area contributed by atoms with Gasteiger partial charge in [-0.3, -0.25) is 0 Å². The summed E-state index contributed by atoms with van der Waals surface area (Å²) in [7, 11) is 1.91. The molecule has 4 heteroatoms. The first-order chi connectivity index (χ1) is 10.1. The van der Waals surface area contributed by atoms with Gasteiger partial charge in [-0.25, -0.2) is 4.39 Å². The number of aryl methyl sites for hydroxylation is 1. The van der Waals surface area contributed by atoms with Crippen molar-refractivity contribution < 1.29 is 4.39 Å². The second-order valence-electron chi connectivity index (χ2n) is 5.03. The molecule has 0 radical (unpaired) electrons. The van der Waals surface area contributed by atoms with Gasteiger partial charge in [-0.05, 0) is 75.6 Å². The van der Waals surface area contributed by atoms with Gasteiger partial charge >= 0.3 is 0 Å². The van der Waals surface area contributed by atoms with Gasteiger partial charge in [0.15, 0.2) is 0 Å². The van der Waals surface area contributed by atoms with Crippen molar-refractivity contribution >= 4 is 37.4 Å². The fourth-order valence-electron chi connectivity index (χ4n) is 2.67. The number of benzene rings is 2. The van der Waals surface area contributed by atoms with Crippen LogP contribution in [0.2, 0.25) is 0 Å². The number of fused-ring (bicyclic) bond motifs is 1. The third-order valence-corrected chi connectivity index (χ3v) is 5.70. The molecule has 0 spiro atoms. The summed E-state index contributed by atoms with van der Waals surface area (Å²) >= 11 is 5.30. The maximum atomic E-state index is 13.6. The monoisotopic (exact) mass is 363 g/mol. The molecular formula is C17H15BrFNS. The average Bonchev–Trinajstić information content (AvgIpc) is 2.89. The SMILES string of the molecule is CNC(c1cc(F)ccc1C)c1csc2c(Br)cccc12. The molecule has 0 saturated heterocycles. The van der Waals surface area contributed by atoms with E-state index in [0.29, 0.717) is 0 Å². The first-order valence-corrected chi connectivity index (χ1v) is 8.38. The van der Waals surface area contributed by atoms with Crippen LogP contribution in [0.1, 0.15) is 22.7 Å². The Labute approximate surface area is 135 Å². The summed E-state index contributed by atoms with van der Waals surface area (Å²) in [6.45, 7) is 2.02. The van der Waals surface area contributed by atoms with E-state index in [2.05, 4.69) is 32.7 Å². The Morgan fingerprint density at radius 3 is 2.76 bits per heavy atom. The topological polar surface area (TPSA) is 12.0 Å². The zero-order valence-corrected chi connectivity index (χ0v) is 14.2. The van der Waals surface area contributed by atoms with E-state index >= 15 is 0 Å². The van der Waals surface area contributed by atoms with Crippen LogP contribution in [0.3, 0.4) is 0 Å². The molecule has 3 aromatic rings. The Morgan fingerprint density at radius 1 is 1.19 bits per heavy atom. The Bertz CT molecular complexity index is 797. The molecule has 1 nitrogen and oxygen atoms in total. The number of hydrogen-bond donors (Lipinski definition) is 1. The molecule has 2 aromatic carbocycles. The highest BCUT2D eigenvalue weighted by atomic mass is 79.9. The van der Waals surface area contributed by atoms with Gasteiger partial charge in [0.05, 0.1) is 6.04 Å². The summed E-state index contributed by atoms with van der Waals surface area (Å²) in [4.78, 5) is 0. The quantitative estimate of drug-likeness (QED) is 0.654. The second-order valence-corrected chi connectivity index (χ2v) is 6.76. The molecular weight excluding hydrogens is 349 g/mol. The Balaban J connectivity index is 2.19. The third kappa shape index (κ3) is 2.63. The maximum absolute atomic E-state index is 13.6. The van der Waals surface area contributed by atoms with Crippen molar-refractivity contribution in [1.29, 1.82) is 0 Å². The van der Waals surface area contributed by atoms with Gasteiger partial charge in [0.2, 0.25) is 0 Å². The number of halogens is 2. The van der Waals surface area contributed by atoms with Gasteiger partial charge in [0, 0.05) is 9.17 Å². The lowest BCUT2D eigenvalue weighted by Crippen LogP contribution is -2.18. The van der Waals surface area contributed by atoms with Crippen molar-refractivity contribution in [2.45, 2.75) is 13.0 Å². The summed E-state index contributed by atoms with van der Waals surface area (Å²) in [5.74, 6) is -0.198. The van der Waals surface area contributed by atoms with Crippen molar-refractivity contribution in [3.8, 4) is 0 Å². The predicted octanol–water partition coefficient (Wildman–Crippen LogP) is 5.42. The first kappa shape index (κ1) is 14.7. The molecule has 108 valence electrons. The number of nitrogens with one attached hydrogen (secondary N) is 1. The molecule has 21 heavy (non-hydrogen) atoms. The van der Waals surface area contributed by atoms with Crippen molar-refractivity contribution in [2.75, 3.05) is 7.05 Å². The first-order valence-electron chi connectivity index (χ1n) is 6.70. The Kier molecular flexibility index (Phi) is 4.11. The van der Waals surface area contributed by atoms with Crippen LogP contribution >= 0.6 is 27.3 Å². The van der Waals surface area contributed by atoms with E-state index in [-0.39, 0.29) is 11.9 Å². The number of hydrogen-bond acceptors (Lipinski definition) is 2. The Hall–Kier alpha value is -1.23. The van der Waals surface area contributed by atoms with Crippen LogP contribution in [0.4, 0.5) is 4.39 Å². The van der Waals surface area contributed by atoms with Crippen LogP contribution in [-0.2, 0) is 0 Å². The molecule has 3 rings (SSSR count). The van der Waals surface area contributed by atoms with Crippen LogP contribution in [-0.4, -0.2) is 7.05 Å². The molecule has 0 saturated carbocycles. The lowest BCUT2D eigenvalue weighted by molar-refractivity contribution is 0.616. The Morgan fingerprint density at radius 2 is 2.00 bits per heavy atom. The molecule has 1 N–H and O–H groups in total. The fourth-order valence-corrected chi connectivity index (χ4v) is 4.31. The molecule has 1 heterocycles. The molecule has 0 amide bonds. The van der Waals surface area contributed by atoms with Crippen LogP contribution in [0.5, 0.6) is 0 Å². The van der Waals surface area contributed by atoms with E-state index in [1.165, 1.54) is 21.7 Å². The third-order valence-electron chi connectivity index (χ3n) is 3.73. The minimum Gasteiger partial charge on any atom is -0.309 e. The standard InChI is InChI=1S/C17H15BrFNS/c1-10-6-7-11(19)8-13(10)16(20-2)14-9-21-17-12(14)4-3-5-15(17)18/h3-9,16,20H,1-2H3. The number of thiophene rings is 1. The molecule has 0 aliphatic carbocycles. The summed E-state index contributed by atoms with van der Waals surface area (Å²) in [5.41, 5.74) is 3.26. The molecule has 1 unspecified atom stereocenters. The van der Waals surface area contributed by atoms with E-state index in [1.54, 1.807) is 17.4 Å². The smallest absolute Gasteiger partial charge is 0.123 e. The van der Waals surface area contributed by atoms with Crippen molar-refractivity contribution in [2.24, 2.45) is 0 Å². The zero-order valence-electron chi connectivity index (χ0n) is 11.8. The summed E-state index contributed by atoms with van der Waals surface area (Å²) < 4.78 is 16.0. The van der Waals surface area contributed by atoms with Gasteiger partial charge in [-0.1, -0.05) is 18.2 Å². The molecule has 1 aromatic heterocycles. The minimum atomic E-state index is -0.198. The van der Waals surface area contributed by atoms with E-state index in [9.17, 15) is 4.39 Å². The molecule has 0 aliphatic rings. The lowest BCUT2D eigenvalue weighted by atomic mass is 9.94. The van der Waals surface area contributed by atoms with Gasteiger partial charge in [0.25, 0.3) is 0 Å². The molecule has 1 atom stereocenters. The van der Waals surface area contributed by atoms with Crippen molar-refractivity contribution in [3.05, 3.63) is 68.8 Å². The summed E-state index contributed by atoms with van der Waals surface area (Å²) in [6.07, 6.45) is 0. The largest absolute Gasteiger partial charge is 0.309 e. The van der Waals surface area contributed by atoms with Crippen LogP contribution in [0.15, 0.2) is 46.3 Å². The average molecular weight is 364 g/mol. The van der Waals surface area contributed by atoms with Gasteiger partial charge < -0.3 is 5.32 Å². The number of rotatable bonds is 3. The van der Waals surface area contributed by atoms with E-state index in [1.807, 2.05) is 32.2 Å². The summed E-state index contributed by atoms with van der Waals surface area (Å²) in [5, 5.41) is 6.68. The predicted molar refractivity (Wildman–Crippen MR) is 91.6 cm³/mol. The maximum Gasteiger partial charge on any atom is 0.123 e. The second kappa shape index (κ2) is 5.87. The highest BCUT2D eigenvalue weighted by Crippen LogP contribution is 2.37. The van der Waals surface area contributed by atoms with E-state index in [0.717, 1.165) is 15.6 Å². The van der Waals surface area contributed by atoms with Crippen LogP contribution in [0.25, 0.3) is 10.1 Å². The van der Waals surface area contributed by atoms with Gasteiger partial charge in [0.1, 0.15) is 5.82 Å². The normalized spacial score (nSPS) is 12.8. The van der Waals surface area contributed by atoms with Crippen LogP contribution < -0.4 is 5.32 Å². The van der Waals surface area contributed by atoms with E-state index < -0.39 is 0 Å². The molecule has 0 aliphatic heterocycles. The molecule has 0 fully saturated rings. The van der Waals surface area contributed by atoms with Crippen LogP contribution in [0, 0.1) is 12.7 Å².